The summed E-state index contributed by atoms with van der Waals surface area (Å²) in [4.78, 5) is 26.1. The molecule has 1 unspecified atom stereocenters. The van der Waals surface area contributed by atoms with Gasteiger partial charge < -0.3 is 15.4 Å². The van der Waals surface area contributed by atoms with E-state index in [2.05, 4.69) is 22.8 Å². The lowest BCUT2D eigenvalue weighted by Gasteiger charge is -2.37. The van der Waals surface area contributed by atoms with Crippen molar-refractivity contribution in [2.75, 3.05) is 13.1 Å². The molecule has 8 nitrogen and oxygen atoms in total. The second-order valence-electron chi connectivity index (χ2n) is 9.15. The third-order valence-corrected chi connectivity index (χ3v) is 6.78. The highest BCUT2D eigenvalue weighted by Gasteiger charge is 2.42. The minimum absolute atomic E-state index is 0.121. The van der Waals surface area contributed by atoms with Gasteiger partial charge in [-0.1, -0.05) is 36.4 Å². The topological polar surface area (TPSA) is 123 Å². The Kier molecular flexibility index (Phi) is 7.61. The van der Waals surface area contributed by atoms with Crippen molar-refractivity contribution in [2.45, 2.75) is 44.9 Å². The van der Waals surface area contributed by atoms with Crippen LogP contribution in [0.3, 0.4) is 0 Å². The number of nitrogens with one attached hydrogen (secondary N) is 3. The van der Waals surface area contributed by atoms with Crippen molar-refractivity contribution in [1.29, 1.82) is 5.26 Å². The minimum Gasteiger partial charge on any atom is -0.489 e. The van der Waals surface area contributed by atoms with Crippen LogP contribution < -0.4 is 20.9 Å². The quantitative estimate of drug-likeness (QED) is 0.374. The second kappa shape index (κ2) is 10.8. The molecule has 4 N–H and O–H groups in total. The van der Waals surface area contributed by atoms with Gasteiger partial charge in [-0.2, -0.15) is 5.26 Å². The van der Waals surface area contributed by atoms with E-state index in [0.29, 0.717) is 37.2 Å². The first-order valence-corrected chi connectivity index (χ1v) is 11.8. The lowest BCUT2D eigenvalue weighted by molar-refractivity contribution is -0.140. The monoisotopic (exact) mass is 474 g/mol. The number of amides is 1. The van der Waals surface area contributed by atoms with Crippen LogP contribution >= 0.6 is 0 Å². The van der Waals surface area contributed by atoms with Crippen molar-refractivity contribution in [3.8, 4) is 11.8 Å². The highest BCUT2D eigenvalue weighted by Crippen LogP contribution is 2.29. The van der Waals surface area contributed by atoms with Crippen LogP contribution in [0, 0.1) is 31.1 Å². The molecule has 2 aliphatic heterocycles. The molecule has 8 heteroatoms. The molecule has 35 heavy (non-hydrogen) atoms. The number of ether oxygens (including phenoxy) is 1. The van der Waals surface area contributed by atoms with Gasteiger partial charge in [0.1, 0.15) is 11.9 Å². The molecule has 4 atom stereocenters. The molecule has 2 heterocycles. The summed E-state index contributed by atoms with van der Waals surface area (Å²) in [5, 5.41) is 25.1. The van der Waals surface area contributed by atoms with Crippen molar-refractivity contribution < 1.29 is 19.5 Å². The molecule has 2 aliphatic rings. The van der Waals surface area contributed by atoms with Gasteiger partial charge in [-0.05, 0) is 61.1 Å². The van der Waals surface area contributed by atoms with E-state index < -0.39 is 23.9 Å². The Bertz CT molecular complexity index is 1150. The Morgan fingerprint density at radius 1 is 1.14 bits per heavy atom. The number of hydrogen-bond acceptors (Lipinski definition) is 7. The Hall–Kier alpha value is -3.51. The highest BCUT2D eigenvalue weighted by molar-refractivity contribution is 5.96. The third kappa shape index (κ3) is 5.43. The number of benzene rings is 2. The molecule has 0 bridgehead atoms. The van der Waals surface area contributed by atoms with Crippen LogP contribution in [0.5, 0.6) is 5.75 Å². The molecule has 4 rings (SSSR count). The van der Waals surface area contributed by atoms with Crippen molar-refractivity contribution in [2.24, 2.45) is 5.92 Å². The predicted octanol–water partition coefficient (Wildman–Crippen LogP) is 2.42. The maximum atomic E-state index is 13.6. The summed E-state index contributed by atoms with van der Waals surface area (Å²) in [7, 11) is 0. The van der Waals surface area contributed by atoms with Gasteiger partial charge in [0.2, 0.25) is 5.91 Å². The smallest absolute Gasteiger partial charge is 0.248 e. The zero-order valence-electron chi connectivity index (χ0n) is 19.9. The Morgan fingerprint density at radius 3 is 2.51 bits per heavy atom. The number of aryl methyl sites for hydroxylation is 2. The molecule has 1 saturated heterocycles. The number of piperidine rings is 1. The van der Waals surface area contributed by atoms with Crippen LogP contribution in [0.2, 0.25) is 0 Å². The van der Waals surface area contributed by atoms with Crippen LogP contribution in [0.15, 0.2) is 48.5 Å². The van der Waals surface area contributed by atoms with E-state index in [4.69, 9.17) is 4.74 Å². The molecule has 1 amide bonds. The fraction of sp³-hybridized carbons (Fsp3) is 0.370. The Balaban J connectivity index is 1.48. The summed E-state index contributed by atoms with van der Waals surface area (Å²) in [6.45, 7) is 4.76. The van der Waals surface area contributed by atoms with Gasteiger partial charge >= 0.3 is 0 Å². The number of hydroxylamine groups is 1. The summed E-state index contributed by atoms with van der Waals surface area (Å²) >= 11 is 0. The molecular weight excluding hydrogens is 444 g/mol. The number of rotatable bonds is 6. The number of Topliss-reactive ketones (excluding diaryl/α,β-unsaturated/α-hetero) is 1. The number of nitrogens with zero attached hydrogens (tertiary/aromatic N) is 1. The van der Waals surface area contributed by atoms with Crippen LogP contribution in [0.1, 0.15) is 35.1 Å². The zero-order chi connectivity index (χ0) is 24.9. The fourth-order valence-electron chi connectivity index (χ4n) is 5.00. The minimum atomic E-state index is -0.773. The van der Waals surface area contributed by atoms with Gasteiger partial charge in [0.05, 0.1) is 29.6 Å². The normalized spacial score (nSPS) is 24.1. The molecule has 182 valence electrons. The fourth-order valence-corrected chi connectivity index (χ4v) is 5.00. The molecule has 0 aliphatic carbocycles. The molecule has 0 spiro atoms. The molecule has 2 aromatic carbocycles. The average molecular weight is 475 g/mol. The van der Waals surface area contributed by atoms with E-state index in [0.717, 1.165) is 22.3 Å². The third-order valence-electron chi connectivity index (χ3n) is 6.78. The molecule has 0 aromatic heterocycles. The zero-order valence-corrected chi connectivity index (χ0v) is 19.9. The number of ketones is 1. The number of carbonyl (C=O) groups is 2. The van der Waals surface area contributed by atoms with Gasteiger partial charge in [-0.15, -0.1) is 0 Å². The molecule has 0 radical (unpaired) electrons. The SMILES string of the molecule is Cc1cc(C2=CCNC(C(=O)[C@H]3NC[C@@H](Oc4ccccc4)C[C@@H]3C(=O)NO)C2)cc(C)c1C#N. The van der Waals surface area contributed by atoms with E-state index in [1.54, 1.807) is 5.48 Å². The Morgan fingerprint density at radius 2 is 1.86 bits per heavy atom. The second-order valence-corrected chi connectivity index (χ2v) is 9.15. The van der Waals surface area contributed by atoms with Crippen molar-refractivity contribution in [3.63, 3.8) is 0 Å². The number of hydrogen-bond donors (Lipinski definition) is 4. The first-order chi connectivity index (χ1) is 16.9. The van der Waals surface area contributed by atoms with Crippen molar-refractivity contribution in [3.05, 3.63) is 70.8 Å². The number of para-hydroxylation sites is 1. The molecule has 2 aromatic rings. The summed E-state index contributed by atoms with van der Waals surface area (Å²) < 4.78 is 5.99. The summed E-state index contributed by atoms with van der Waals surface area (Å²) in [6.07, 6.45) is 2.51. The van der Waals surface area contributed by atoms with Crippen LogP contribution in [0.25, 0.3) is 5.57 Å². The van der Waals surface area contributed by atoms with E-state index in [1.165, 1.54) is 0 Å². The average Bonchev–Trinajstić information content (AvgIpc) is 2.88. The van der Waals surface area contributed by atoms with E-state index >= 15 is 0 Å². The highest BCUT2D eigenvalue weighted by atomic mass is 16.5. The van der Waals surface area contributed by atoms with Crippen molar-refractivity contribution >= 4 is 17.3 Å². The van der Waals surface area contributed by atoms with Gasteiger partial charge in [0.15, 0.2) is 5.78 Å². The number of carbonyl (C=O) groups excluding carboxylic acids is 2. The van der Waals surface area contributed by atoms with Gasteiger partial charge in [-0.25, -0.2) is 5.48 Å². The standard InChI is InChI=1S/C27H30N4O4/c1-16-10-19(11-17(2)23(16)14-28)18-8-9-29-24(12-18)26(32)25-22(27(33)31-34)13-21(15-30-25)35-20-6-4-3-5-7-20/h3-8,10-11,21-22,24-25,29-30,34H,9,12-13,15H2,1-2H3,(H,31,33)/t21-,22-,24?,25-/m0/s1. The summed E-state index contributed by atoms with van der Waals surface area (Å²) in [6, 6.07) is 14.3. The van der Waals surface area contributed by atoms with Crippen molar-refractivity contribution in [1.82, 2.24) is 16.1 Å². The first kappa shape index (κ1) is 24.6. The Labute approximate surface area is 204 Å². The first-order valence-electron chi connectivity index (χ1n) is 11.8. The van der Waals surface area contributed by atoms with E-state index in [1.807, 2.05) is 56.3 Å². The molecule has 0 saturated carbocycles. The van der Waals surface area contributed by atoms with E-state index in [9.17, 15) is 20.1 Å². The lowest BCUT2D eigenvalue weighted by atomic mass is 9.81. The van der Waals surface area contributed by atoms with Crippen LogP contribution in [-0.4, -0.2) is 48.2 Å². The van der Waals surface area contributed by atoms with E-state index in [-0.39, 0.29) is 11.9 Å². The maximum Gasteiger partial charge on any atom is 0.248 e. The van der Waals surface area contributed by atoms with Gasteiger partial charge in [-0.3, -0.25) is 14.8 Å². The maximum absolute atomic E-state index is 13.6. The summed E-state index contributed by atoms with van der Waals surface area (Å²) in [5.41, 5.74) is 6.23. The van der Waals surface area contributed by atoms with Gasteiger partial charge in [0, 0.05) is 13.1 Å². The lowest BCUT2D eigenvalue weighted by Crippen LogP contribution is -2.60. The predicted molar refractivity (Wildman–Crippen MR) is 131 cm³/mol. The molecule has 1 fully saturated rings. The largest absolute Gasteiger partial charge is 0.489 e. The summed E-state index contributed by atoms with van der Waals surface area (Å²) in [5.74, 6) is -0.818. The van der Waals surface area contributed by atoms with Crippen LogP contribution in [-0.2, 0) is 9.59 Å². The van der Waals surface area contributed by atoms with Gasteiger partial charge in [0.25, 0.3) is 0 Å². The van der Waals surface area contributed by atoms with Crippen LogP contribution in [0.4, 0.5) is 0 Å². The molecular formula is C27H30N4O4. The number of nitriles is 1.